The predicted octanol–water partition coefficient (Wildman–Crippen LogP) is 7.79. The minimum absolute atomic E-state index is 0.816. The molecule has 0 atom stereocenters. The van der Waals surface area contributed by atoms with Gasteiger partial charge in [0, 0.05) is 0 Å². The Bertz CT molecular complexity index is 1240. The number of rotatable bonds is 2. The first kappa shape index (κ1) is 16.1. The van der Waals surface area contributed by atoms with Crippen molar-refractivity contribution < 1.29 is 0 Å². The first-order valence-corrected chi connectivity index (χ1v) is 10.6. The van der Waals surface area contributed by atoms with Crippen molar-refractivity contribution in [1.29, 1.82) is 0 Å². The molecule has 0 heteroatoms. The van der Waals surface area contributed by atoms with Crippen molar-refractivity contribution in [2.45, 2.75) is 32.1 Å². The monoisotopic (exact) mass is 360 g/mol. The maximum Gasteiger partial charge on any atom is -0.00489 e. The third kappa shape index (κ3) is 2.52. The number of hydrogen-bond acceptors (Lipinski definition) is 0. The van der Waals surface area contributed by atoms with Crippen LogP contribution >= 0.6 is 0 Å². The van der Waals surface area contributed by atoms with E-state index in [1.54, 1.807) is 5.57 Å². The van der Waals surface area contributed by atoms with Gasteiger partial charge >= 0.3 is 0 Å². The highest BCUT2D eigenvalue weighted by molar-refractivity contribution is 6.05. The Morgan fingerprint density at radius 3 is 2.21 bits per heavy atom. The van der Waals surface area contributed by atoms with E-state index in [0.29, 0.717) is 0 Å². The highest BCUT2D eigenvalue weighted by atomic mass is 14.3. The van der Waals surface area contributed by atoms with Gasteiger partial charge in [0.15, 0.2) is 0 Å². The molecule has 0 saturated heterocycles. The molecule has 0 heterocycles. The van der Waals surface area contributed by atoms with Crippen LogP contribution in [0, 0.1) is 5.92 Å². The van der Waals surface area contributed by atoms with Crippen LogP contribution in [0.5, 0.6) is 0 Å². The van der Waals surface area contributed by atoms with Gasteiger partial charge in [0.1, 0.15) is 0 Å². The van der Waals surface area contributed by atoms with E-state index in [9.17, 15) is 0 Å². The SMILES string of the molecule is C1=C(C2CCCC2)Cc2c1cccc2-c1cccc2cc3ccccc3cc12. The minimum atomic E-state index is 0.816. The van der Waals surface area contributed by atoms with E-state index >= 15 is 0 Å². The Balaban J connectivity index is 1.51. The first-order chi connectivity index (χ1) is 13.9. The fraction of sp³-hybridized carbons (Fsp3) is 0.214. The summed E-state index contributed by atoms with van der Waals surface area (Å²) in [5, 5.41) is 5.33. The largest absolute Gasteiger partial charge is 0.0621 e. The van der Waals surface area contributed by atoms with E-state index in [0.717, 1.165) is 12.3 Å². The minimum Gasteiger partial charge on any atom is -0.0621 e. The molecule has 0 amide bonds. The van der Waals surface area contributed by atoms with Crippen LogP contribution in [0.4, 0.5) is 0 Å². The quantitative estimate of drug-likeness (QED) is 0.320. The fourth-order valence-corrected chi connectivity index (χ4v) is 5.40. The summed E-state index contributed by atoms with van der Waals surface area (Å²) in [6.07, 6.45) is 9.21. The Labute approximate surface area is 166 Å². The summed E-state index contributed by atoms with van der Waals surface area (Å²) in [6.45, 7) is 0. The second-order valence-corrected chi connectivity index (χ2v) is 8.48. The van der Waals surface area contributed by atoms with Crippen molar-refractivity contribution in [3.63, 3.8) is 0 Å². The Morgan fingerprint density at radius 2 is 1.36 bits per heavy atom. The average molecular weight is 361 g/mol. The zero-order valence-corrected chi connectivity index (χ0v) is 16.1. The van der Waals surface area contributed by atoms with E-state index in [-0.39, 0.29) is 0 Å². The van der Waals surface area contributed by atoms with Crippen molar-refractivity contribution in [1.82, 2.24) is 0 Å². The van der Waals surface area contributed by atoms with Gasteiger partial charge in [-0.15, -0.1) is 0 Å². The molecule has 0 spiro atoms. The van der Waals surface area contributed by atoms with Crippen molar-refractivity contribution in [3.05, 3.63) is 89.5 Å². The second kappa shape index (κ2) is 6.34. The van der Waals surface area contributed by atoms with Crippen molar-refractivity contribution in [2.75, 3.05) is 0 Å². The highest BCUT2D eigenvalue weighted by Crippen LogP contribution is 2.42. The molecule has 0 aliphatic heterocycles. The van der Waals surface area contributed by atoms with E-state index in [1.807, 2.05) is 0 Å². The van der Waals surface area contributed by atoms with Gasteiger partial charge in [-0.1, -0.05) is 85.2 Å². The lowest BCUT2D eigenvalue weighted by molar-refractivity contribution is 0.635. The molecular weight excluding hydrogens is 336 g/mol. The van der Waals surface area contributed by atoms with Crippen molar-refractivity contribution in [2.24, 2.45) is 5.92 Å². The third-order valence-electron chi connectivity index (χ3n) is 6.85. The molecule has 2 aliphatic rings. The maximum atomic E-state index is 2.50. The number of fused-ring (bicyclic) bond motifs is 3. The molecule has 1 saturated carbocycles. The second-order valence-electron chi connectivity index (χ2n) is 8.48. The summed E-state index contributed by atoms with van der Waals surface area (Å²) < 4.78 is 0. The van der Waals surface area contributed by atoms with E-state index in [4.69, 9.17) is 0 Å². The molecule has 1 fully saturated rings. The van der Waals surface area contributed by atoms with Gasteiger partial charge in [0.2, 0.25) is 0 Å². The summed E-state index contributed by atoms with van der Waals surface area (Å²) in [5.41, 5.74) is 7.44. The lowest BCUT2D eigenvalue weighted by Crippen LogP contribution is -1.99. The van der Waals surface area contributed by atoms with E-state index in [1.165, 1.54) is 69.5 Å². The van der Waals surface area contributed by atoms with Crippen LogP contribution < -0.4 is 0 Å². The summed E-state index contributed by atoms with van der Waals surface area (Å²) in [7, 11) is 0. The molecule has 28 heavy (non-hydrogen) atoms. The molecule has 4 aromatic rings. The zero-order chi connectivity index (χ0) is 18.5. The molecule has 0 radical (unpaired) electrons. The van der Waals surface area contributed by atoms with Crippen LogP contribution in [-0.4, -0.2) is 0 Å². The normalized spacial score (nSPS) is 16.6. The summed E-state index contributed by atoms with van der Waals surface area (Å²) >= 11 is 0. The van der Waals surface area contributed by atoms with Crippen LogP contribution in [0.25, 0.3) is 38.7 Å². The lowest BCUT2D eigenvalue weighted by Gasteiger charge is -2.14. The van der Waals surface area contributed by atoms with Crippen LogP contribution in [0.3, 0.4) is 0 Å². The van der Waals surface area contributed by atoms with Crippen LogP contribution in [0.1, 0.15) is 36.8 Å². The molecule has 0 unspecified atom stereocenters. The fourth-order valence-electron chi connectivity index (χ4n) is 5.40. The van der Waals surface area contributed by atoms with Gasteiger partial charge in [-0.3, -0.25) is 0 Å². The van der Waals surface area contributed by atoms with Crippen molar-refractivity contribution >= 4 is 27.6 Å². The molecular formula is C28H24. The Hall–Kier alpha value is -2.86. The molecule has 0 nitrogen and oxygen atoms in total. The van der Waals surface area contributed by atoms with Crippen LogP contribution in [0.15, 0.2) is 78.4 Å². The summed E-state index contributed by atoms with van der Waals surface area (Å²) in [4.78, 5) is 0. The van der Waals surface area contributed by atoms with Gasteiger partial charge < -0.3 is 0 Å². The predicted molar refractivity (Wildman–Crippen MR) is 121 cm³/mol. The lowest BCUT2D eigenvalue weighted by atomic mass is 9.90. The number of allylic oxidation sites excluding steroid dienone is 1. The molecule has 6 rings (SSSR count). The zero-order valence-electron chi connectivity index (χ0n) is 16.1. The van der Waals surface area contributed by atoms with Gasteiger partial charge in [0.25, 0.3) is 0 Å². The first-order valence-electron chi connectivity index (χ1n) is 10.6. The Morgan fingerprint density at radius 1 is 0.643 bits per heavy atom. The third-order valence-corrected chi connectivity index (χ3v) is 6.85. The van der Waals surface area contributed by atoms with Gasteiger partial charge in [-0.2, -0.15) is 0 Å². The van der Waals surface area contributed by atoms with Gasteiger partial charge in [0.05, 0.1) is 0 Å². The Kier molecular flexibility index (Phi) is 3.65. The smallest absolute Gasteiger partial charge is 0.00489 e. The number of benzene rings is 4. The van der Waals surface area contributed by atoms with Crippen LogP contribution in [-0.2, 0) is 6.42 Å². The summed E-state index contributed by atoms with van der Waals surface area (Å²) in [6, 6.07) is 27.0. The standard InChI is InChI=1S/C28H24/c1-2-8-19(7-1)24-16-23-12-6-14-26(28(23)18-24)25-13-5-11-22-15-20-9-3-4-10-21(20)17-27(22)25/h3-6,9-17,19H,1-2,7-8,18H2. The van der Waals surface area contributed by atoms with Crippen molar-refractivity contribution in [3.8, 4) is 11.1 Å². The van der Waals surface area contributed by atoms with Gasteiger partial charge in [-0.05, 0) is 81.1 Å². The molecule has 2 aliphatic carbocycles. The summed E-state index contributed by atoms with van der Waals surface area (Å²) in [5.74, 6) is 0.816. The molecule has 0 N–H and O–H groups in total. The van der Waals surface area contributed by atoms with E-state index in [2.05, 4.69) is 78.9 Å². The highest BCUT2D eigenvalue weighted by Gasteiger charge is 2.25. The average Bonchev–Trinajstić information content (AvgIpc) is 3.41. The molecule has 136 valence electrons. The maximum absolute atomic E-state index is 2.50. The molecule has 0 bridgehead atoms. The number of hydrogen-bond donors (Lipinski definition) is 0. The van der Waals surface area contributed by atoms with Crippen LogP contribution in [0.2, 0.25) is 0 Å². The van der Waals surface area contributed by atoms with Gasteiger partial charge in [-0.25, -0.2) is 0 Å². The van der Waals surface area contributed by atoms with E-state index < -0.39 is 0 Å². The topological polar surface area (TPSA) is 0 Å². The molecule has 4 aromatic carbocycles. The molecule has 0 aromatic heterocycles.